The first kappa shape index (κ1) is 19.8. The quantitative estimate of drug-likeness (QED) is 0.298. The number of carbonyl (C=O) groups excluding carboxylic acids is 2. The Hall–Kier alpha value is -3.50. The summed E-state index contributed by atoms with van der Waals surface area (Å²) in [6.45, 7) is 0. The van der Waals surface area contributed by atoms with Gasteiger partial charge in [-0.2, -0.15) is 13.2 Å². The number of amides is 1. The molecule has 27 heavy (non-hydrogen) atoms. The number of hydrogen-bond acceptors (Lipinski definition) is 6. The number of nitrogens with two attached hydrogens (primary N) is 2. The molecule has 2 rings (SSSR count). The summed E-state index contributed by atoms with van der Waals surface area (Å²) in [6.07, 6.45) is -7.71. The largest absolute Gasteiger partial charge is 0.493 e. The molecular formula is C16H14F3N3O5. The third-order valence-corrected chi connectivity index (χ3v) is 3.37. The van der Waals surface area contributed by atoms with Crippen LogP contribution in [-0.4, -0.2) is 37.3 Å². The van der Waals surface area contributed by atoms with E-state index in [1.165, 1.54) is 25.3 Å². The number of carbonyl (C=O) groups is 2. The Kier molecular flexibility index (Phi) is 5.43. The zero-order valence-corrected chi connectivity index (χ0v) is 13.8. The zero-order chi connectivity index (χ0) is 20.4. The molecule has 0 bridgehead atoms. The molecule has 0 aromatic heterocycles. The Labute approximate surface area is 150 Å². The number of esters is 1. The third kappa shape index (κ3) is 4.37. The van der Waals surface area contributed by atoms with Crippen LogP contribution in [0, 0.1) is 5.41 Å². The molecule has 11 heteroatoms. The van der Waals surface area contributed by atoms with Gasteiger partial charge < -0.3 is 25.7 Å². The molecule has 0 aliphatic heterocycles. The molecule has 1 atom stereocenters. The van der Waals surface area contributed by atoms with Gasteiger partial charge >= 0.3 is 18.4 Å². The van der Waals surface area contributed by atoms with Crippen LogP contribution in [0.5, 0.6) is 11.5 Å². The average molecular weight is 385 g/mol. The number of hydrogen-bond donors (Lipinski definition) is 3. The predicted molar refractivity (Wildman–Crippen MR) is 87.3 cm³/mol. The molecule has 0 aliphatic rings. The van der Waals surface area contributed by atoms with Gasteiger partial charge in [0.1, 0.15) is 5.84 Å². The Morgan fingerprint density at radius 3 is 2.30 bits per heavy atom. The van der Waals surface area contributed by atoms with Crippen molar-refractivity contribution in [3.63, 3.8) is 0 Å². The van der Waals surface area contributed by atoms with Gasteiger partial charge in [0.2, 0.25) is 0 Å². The van der Waals surface area contributed by atoms with E-state index in [0.29, 0.717) is 5.39 Å². The van der Waals surface area contributed by atoms with Crippen molar-refractivity contribution in [2.45, 2.75) is 12.5 Å². The van der Waals surface area contributed by atoms with Crippen LogP contribution in [0.25, 0.3) is 10.8 Å². The third-order valence-electron chi connectivity index (χ3n) is 3.37. The second-order valence-electron chi connectivity index (χ2n) is 5.20. The first-order chi connectivity index (χ1) is 12.5. The van der Waals surface area contributed by atoms with Crippen molar-refractivity contribution in [2.75, 3.05) is 7.11 Å². The van der Waals surface area contributed by atoms with Crippen LogP contribution in [0.15, 0.2) is 30.3 Å². The Morgan fingerprint density at radius 2 is 1.78 bits per heavy atom. The van der Waals surface area contributed by atoms with Gasteiger partial charge in [-0.1, -0.05) is 18.2 Å². The van der Waals surface area contributed by atoms with Crippen LogP contribution in [0.2, 0.25) is 0 Å². The standard InChI is InChI=1S/C16H14F3N3O5/c1-25-10-5-4-7-2-3-8(12(20)21)6-9(7)11(10)26-14(13(22)23)27-15(24)16(17,18)19/h2-6,14H,1H3,(H3,20,21)(H2,22,23). The van der Waals surface area contributed by atoms with Gasteiger partial charge in [0.05, 0.1) is 7.11 Å². The lowest BCUT2D eigenvalue weighted by molar-refractivity contribution is -0.215. The monoisotopic (exact) mass is 385 g/mol. The van der Waals surface area contributed by atoms with Gasteiger partial charge in [0.25, 0.3) is 5.91 Å². The highest BCUT2D eigenvalue weighted by molar-refractivity contribution is 6.01. The Morgan fingerprint density at radius 1 is 1.15 bits per heavy atom. The van der Waals surface area contributed by atoms with Crippen molar-refractivity contribution >= 4 is 28.5 Å². The van der Waals surface area contributed by atoms with Gasteiger partial charge in [-0.3, -0.25) is 10.2 Å². The van der Waals surface area contributed by atoms with E-state index in [4.69, 9.17) is 26.4 Å². The van der Waals surface area contributed by atoms with Crippen LogP contribution in [0.1, 0.15) is 5.56 Å². The maximum atomic E-state index is 12.4. The predicted octanol–water partition coefficient (Wildman–Crippen LogP) is 1.43. The SMILES string of the molecule is COc1ccc2ccc(C(=N)N)cc2c1OC(OC(=O)C(F)(F)F)C(N)=O. The summed E-state index contributed by atoms with van der Waals surface area (Å²) in [6, 6.07) is 7.54. The molecule has 5 N–H and O–H groups in total. The summed E-state index contributed by atoms with van der Waals surface area (Å²) in [5, 5.41) is 8.26. The molecule has 1 unspecified atom stereocenters. The molecule has 2 aromatic rings. The van der Waals surface area contributed by atoms with Crippen molar-refractivity contribution in [1.29, 1.82) is 5.41 Å². The molecule has 8 nitrogen and oxygen atoms in total. The molecule has 1 amide bonds. The van der Waals surface area contributed by atoms with Crippen LogP contribution in [0.4, 0.5) is 13.2 Å². The van der Waals surface area contributed by atoms with Crippen LogP contribution in [-0.2, 0) is 14.3 Å². The second-order valence-corrected chi connectivity index (χ2v) is 5.20. The summed E-state index contributed by atoms with van der Waals surface area (Å²) >= 11 is 0. The number of amidine groups is 1. The number of halogens is 3. The van der Waals surface area contributed by atoms with Crippen molar-refractivity contribution in [2.24, 2.45) is 11.5 Å². The molecule has 0 saturated heterocycles. The molecule has 0 saturated carbocycles. The highest BCUT2D eigenvalue weighted by atomic mass is 19.4. The summed E-state index contributed by atoms with van der Waals surface area (Å²) < 4.78 is 51.5. The number of benzene rings is 2. The fourth-order valence-corrected chi connectivity index (χ4v) is 2.13. The first-order valence-corrected chi connectivity index (χ1v) is 7.23. The number of methoxy groups -OCH3 is 1. The number of primary amides is 1. The summed E-state index contributed by atoms with van der Waals surface area (Å²) in [5.74, 6) is -4.57. The van der Waals surface area contributed by atoms with E-state index >= 15 is 0 Å². The number of alkyl halides is 3. The number of nitrogen functional groups attached to an aromatic ring is 1. The topological polar surface area (TPSA) is 138 Å². The molecule has 0 heterocycles. The minimum Gasteiger partial charge on any atom is -0.493 e. The summed E-state index contributed by atoms with van der Waals surface area (Å²) in [4.78, 5) is 22.5. The zero-order valence-electron chi connectivity index (χ0n) is 13.8. The van der Waals surface area contributed by atoms with E-state index in [-0.39, 0.29) is 28.3 Å². The smallest absolute Gasteiger partial charge is 0.491 e. The lowest BCUT2D eigenvalue weighted by Gasteiger charge is -2.20. The van der Waals surface area contributed by atoms with E-state index < -0.39 is 24.3 Å². The van der Waals surface area contributed by atoms with Gasteiger partial charge in [-0.25, -0.2) is 4.79 Å². The fourth-order valence-electron chi connectivity index (χ4n) is 2.13. The minimum absolute atomic E-state index is 0.0255. The normalized spacial score (nSPS) is 12.3. The van der Waals surface area contributed by atoms with E-state index in [1.807, 2.05) is 0 Å². The molecule has 0 spiro atoms. The minimum atomic E-state index is -5.35. The Bertz CT molecular complexity index is 914. The fraction of sp³-hybridized carbons (Fsp3) is 0.188. The van der Waals surface area contributed by atoms with Crippen molar-refractivity contribution in [3.05, 3.63) is 35.9 Å². The van der Waals surface area contributed by atoms with Gasteiger partial charge in [-0.15, -0.1) is 0 Å². The van der Waals surface area contributed by atoms with Crippen molar-refractivity contribution < 1.29 is 37.0 Å². The van der Waals surface area contributed by atoms with Gasteiger partial charge in [-0.05, 0) is 17.5 Å². The van der Waals surface area contributed by atoms with E-state index in [2.05, 4.69) is 4.74 Å². The van der Waals surface area contributed by atoms with E-state index in [0.717, 1.165) is 0 Å². The van der Waals surface area contributed by atoms with Crippen LogP contribution >= 0.6 is 0 Å². The maximum absolute atomic E-state index is 12.4. The van der Waals surface area contributed by atoms with Gasteiger partial charge in [0, 0.05) is 10.9 Å². The van der Waals surface area contributed by atoms with Crippen molar-refractivity contribution in [1.82, 2.24) is 0 Å². The first-order valence-electron chi connectivity index (χ1n) is 7.23. The second kappa shape index (κ2) is 7.40. The van der Waals surface area contributed by atoms with E-state index in [1.54, 1.807) is 12.1 Å². The molecule has 144 valence electrons. The number of rotatable bonds is 6. The number of ether oxygens (including phenoxy) is 3. The molecule has 2 aromatic carbocycles. The molecular weight excluding hydrogens is 371 g/mol. The number of nitrogens with one attached hydrogen (secondary N) is 1. The maximum Gasteiger partial charge on any atom is 0.491 e. The summed E-state index contributed by atoms with van der Waals surface area (Å²) in [7, 11) is 1.25. The lowest BCUT2D eigenvalue weighted by Crippen LogP contribution is -2.41. The lowest BCUT2D eigenvalue weighted by atomic mass is 10.0. The van der Waals surface area contributed by atoms with Crippen molar-refractivity contribution in [3.8, 4) is 11.5 Å². The molecule has 0 radical (unpaired) electrons. The van der Waals surface area contributed by atoms with Gasteiger partial charge in [0.15, 0.2) is 11.5 Å². The average Bonchev–Trinajstić information content (AvgIpc) is 2.59. The van der Waals surface area contributed by atoms with Crippen LogP contribution < -0.4 is 20.9 Å². The molecule has 0 aliphatic carbocycles. The van der Waals surface area contributed by atoms with Crippen LogP contribution in [0.3, 0.4) is 0 Å². The van der Waals surface area contributed by atoms with E-state index in [9.17, 15) is 22.8 Å². The Balaban J connectivity index is 2.53. The number of fused-ring (bicyclic) bond motifs is 1. The molecule has 0 fully saturated rings. The summed E-state index contributed by atoms with van der Waals surface area (Å²) in [5.41, 5.74) is 10.7. The highest BCUT2D eigenvalue weighted by Gasteiger charge is 2.44. The highest BCUT2D eigenvalue weighted by Crippen LogP contribution is 2.37.